The molecule has 1 aliphatic rings. The summed E-state index contributed by atoms with van der Waals surface area (Å²) in [4.78, 5) is 2.43. The third-order valence-corrected chi connectivity index (χ3v) is 4.31. The molecule has 0 amide bonds. The van der Waals surface area contributed by atoms with Gasteiger partial charge < -0.3 is 10.2 Å². The number of benzene rings is 1. The molecule has 1 N–H and O–H groups in total. The smallest absolute Gasteiger partial charge is 0.125 e. The third-order valence-electron chi connectivity index (χ3n) is 3.39. The average molecular weight is 336 g/mol. The molecule has 100 valence electrons. The van der Waals surface area contributed by atoms with Crippen molar-refractivity contribution in [3.63, 3.8) is 0 Å². The minimum Gasteiger partial charge on any atom is -0.380 e. The summed E-state index contributed by atoms with van der Waals surface area (Å²) < 4.78 is 13.8. The van der Waals surface area contributed by atoms with Crippen LogP contribution in [0.3, 0.4) is 0 Å². The molecule has 2 nitrogen and oxygen atoms in total. The first-order chi connectivity index (χ1) is 8.60. The van der Waals surface area contributed by atoms with Crippen LogP contribution in [-0.2, 0) is 0 Å². The van der Waals surface area contributed by atoms with Crippen LogP contribution >= 0.6 is 27.5 Å². The van der Waals surface area contributed by atoms with Crippen LogP contribution in [0.2, 0.25) is 5.02 Å². The largest absolute Gasteiger partial charge is 0.380 e. The number of likely N-dealkylation sites (tertiary alicyclic amines) is 1. The molecule has 1 fully saturated rings. The lowest BCUT2D eigenvalue weighted by molar-refractivity contribution is 0.229. The number of piperidine rings is 1. The first kappa shape index (κ1) is 14.1. The SMILES string of the molecule is CCN1CCC(Nc2c(Cl)cc(F)cc2Br)CC1. The lowest BCUT2D eigenvalue weighted by Gasteiger charge is -2.32. The van der Waals surface area contributed by atoms with Gasteiger partial charge >= 0.3 is 0 Å². The van der Waals surface area contributed by atoms with Crippen LogP contribution in [0.1, 0.15) is 19.8 Å². The van der Waals surface area contributed by atoms with Gasteiger partial charge in [-0.2, -0.15) is 0 Å². The topological polar surface area (TPSA) is 15.3 Å². The summed E-state index contributed by atoms with van der Waals surface area (Å²) in [5.74, 6) is -0.321. The van der Waals surface area contributed by atoms with Crippen LogP contribution in [0.25, 0.3) is 0 Å². The summed E-state index contributed by atoms with van der Waals surface area (Å²) in [6.45, 7) is 5.49. The Hall–Kier alpha value is -0.320. The highest BCUT2D eigenvalue weighted by atomic mass is 79.9. The second-order valence-electron chi connectivity index (χ2n) is 4.60. The fourth-order valence-electron chi connectivity index (χ4n) is 2.28. The van der Waals surface area contributed by atoms with Crippen LogP contribution in [0.5, 0.6) is 0 Å². The maximum absolute atomic E-state index is 13.1. The van der Waals surface area contributed by atoms with Gasteiger partial charge in [0.2, 0.25) is 0 Å². The lowest BCUT2D eigenvalue weighted by Crippen LogP contribution is -2.38. The molecule has 1 aliphatic heterocycles. The van der Waals surface area contributed by atoms with Crippen LogP contribution < -0.4 is 5.32 Å². The fraction of sp³-hybridized carbons (Fsp3) is 0.538. The first-order valence-corrected chi connectivity index (χ1v) is 7.40. The molecule has 0 unspecified atom stereocenters. The Morgan fingerprint density at radius 3 is 2.67 bits per heavy atom. The van der Waals surface area contributed by atoms with Crippen molar-refractivity contribution in [2.45, 2.75) is 25.8 Å². The van der Waals surface area contributed by atoms with E-state index in [9.17, 15) is 4.39 Å². The zero-order chi connectivity index (χ0) is 13.1. The van der Waals surface area contributed by atoms with Crippen molar-refractivity contribution in [2.24, 2.45) is 0 Å². The Morgan fingerprint density at radius 2 is 2.11 bits per heavy atom. The van der Waals surface area contributed by atoms with E-state index >= 15 is 0 Å². The van der Waals surface area contributed by atoms with Crippen LogP contribution in [0.15, 0.2) is 16.6 Å². The Morgan fingerprint density at radius 1 is 1.44 bits per heavy atom. The number of nitrogens with one attached hydrogen (secondary N) is 1. The number of anilines is 1. The van der Waals surface area contributed by atoms with E-state index in [1.807, 2.05) is 0 Å². The van der Waals surface area contributed by atoms with Gasteiger partial charge in [0.05, 0.1) is 10.7 Å². The number of rotatable bonds is 3. The van der Waals surface area contributed by atoms with Crippen LogP contribution in [0, 0.1) is 5.82 Å². The van der Waals surface area contributed by atoms with E-state index in [1.54, 1.807) is 0 Å². The van der Waals surface area contributed by atoms with Gasteiger partial charge in [-0.3, -0.25) is 0 Å². The second kappa shape index (κ2) is 6.22. The van der Waals surface area contributed by atoms with Crippen LogP contribution in [0.4, 0.5) is 10.1 Å². The number of hydrogen-bond acceptors (Lipinski definition) is 2. The summed E-state index contributed by atoms with van der Waals surface area (Å²) in [7, 11) is 0. The van der Waals surface area contributed by atoms with Gasteiger partial charge in [-0.1, -0.05) is 18.5 Å². The molecule has 1 aromatic rings. The van der Waals surface area contributed by atoms with Crippen molar-refractivity contribution in [3.8, 4) is 0 Å². The number of nitrogens with zero attached hydrogens (tertiary/aromatic N) is 1. The molecule has 1 aromatic carbocycles. The van der Waals surface area contributed by atoms with Crippen molar-refractivity contribution in [3.05, 3.63) is 27.4 Å². The summed E-state index contributed by atoms with van der Waals surface area (Å²) in [5.41, 5.74) is 0.799. The third kappa shape index (κ3) is 3.37. The summed E-state index contributed by atoms with van der Waals surface area (Å²) in [6, 6.07) is 3.19. The predicted octanol–water partition coefficient (Wildman–Crippen LogP) is 4.14. The predicted molar refractivity (Wildman–Crippen MR) is 77.9 cm³/mol. The molecule has 1 saturated heterocycles. The zero-order valence-electron chi connectivity index (χ0n) is 10.3. The highest BCUT2D eigenvalue weighted by Crippen LogP contribution is 2.33. The average Bonchev–Trinajstić information content (AvgIpc) is 2.34. The quantitative estimate of drug-likeness (QED) is 0.893. The van der Waals surface area contributed by atoms with Crippen molar-refractivity contribution < 1.29 is 4.39 Å². The molecule has 0 aliphatic carbocycles. The number of halogens is 3. The molecule has 0 atom stereocenters. The molecule has 0 bridgehead atoms. The molecule has 0 saturated carbocycles. The van der Waals surface area contributed by atoms with E-state index in [1.165, 1.54) is 12.1 Å². The van der Waals surface area contributed by atoms with Gasteiger partial charge in [0.1, 0.15) is 5.82 Å². The van der Waals surface area contributed by atoms with E-state index in [0.29, 0.717) is 15.5 Å². The van der Waals surface area contributed by atoms with Gasteiger partial charge in [0.15, 0.2) is 0 Å². The molecule has 2 rings (SSSR count). The molecular weight excluding hydrogens is 319 g/mol. The van der Waals surface area contributed by atoms with Gasteiger partial charge in [-0.25, -0.2) is 4.39 Å². The molecule has 0 radical (unpaired) electrons. The zero-order valence-corrected chi connectivity index (χ0v) is 12.7. The van der Waals surface area contributed by atoms with Crippen molar-refractivity contribution >= 4 is 33.2 Å². The molecule has 0 spiro atoms. The molecule has 1 heterocycles. The van der Waals surface area contributed by atoms with E-state index in [4.69, 9.17) is 11.6 Å². The summed E-state index contributed by atoms with van der Waals surface area (Å²) in [5, 5.41) is 3.85. The standard InChI is InChI=1S/C13H17BrClFN2/c1-2-18-5-3-10(4-6-18)17-13-11(14)7-9(16)8-12(13)15/h7-8,10,17H,2-6H2,1H3. The normalized spacial score (nSPS) is 18.0. The fourth-order valence-corrected chi connectivity index (χ4v) is 3.20. The summed E-state index contributed by atoms with van der Waals surface area (Å²) >= 11 is 9.42. The van der Waals surface area contributed by atoms with Gasteiger partial charge in [0, 0.05) is 23.6 Å². The Kier molecular flexibility index (Phi) is 4.87. The Bertz CT molecular complexity index is 396. The van der Waals surface area contributed by atoms with E-state index < -0.39 is 0 Å². The Labute approximate surface area is 121 Å². The van der Waals surface area contributed by atoms with Gasteiger partial charge in [0.25, 0.3) is 0 Å². The molecule has 5 heteroatoms. The van der Waals surface area contributed by atoms with Gasteiger partial charge in [-0.15, -0.1) is 0 Å². The van der Waals surface area contributed by atoms with Crippen molar-refractivity contribution in [2.75, 3.05) is 25.0 Å². The van der Waals surface area contributed by atoms with Gasteiger partial charge in [-0.05, 0) is 47.4 Å². The molecular formula is C13H17BrClFN2. The number of hydrogen-bond donors (Lipinski definition) is 1. The monoisotopic (exact) mass is 334 g/mol. The van der Waals surface area contributed by atoms with E-state index in [-0.39, 0.29) is 5.82 Å². The van der Waals surface area contributed by atoms with Crippen molar-refractivity contribution in [1.82, 2.24) is 4.90 Å². The highest BCUT2D eigenvalue weighted by Gasteiger charge is 2.19. The maximum Gasteiger partial charge on any atom is 0.125 e. The highest BCUT2D eigenvalue weighted by molar-refractivity contribution is 9.10. The van der Waals surface area contributed by atoms with E-state index in [0.717, 1.165) is 38.2 Å². The summed E-state index contributed by atoms with van der Waals surface area (Å²) in [6.07, 6.45) is 2.18. The van der Waals surface area contributed by atoms with Crippen molar-refractivity contribution in [1.29, 1.82) is 0 Å². The maximum atomic E-state index is 13.1. The lowest BCUT2D eigenvalue weighted by atomic mass is 10.0. The minimum atomic E-state index is -0.321. The van der Waals surface area contributed by atoms with E-state index in [2.05, 4.69) is 33.1 Å². The second-order valence-corrected chi connectivity index (χ2v) is 5.86. The first-order valence-electron chi connectivity index (χ1n) is 6.23. The van der Waals surface area contributed by atoms with Crippen LogP contribution in [-0.4, -0.2) is 30.6 Å². The minimum absolute atomic E-state index is 0.321. The Balaban J connectivity index is 2.02. The molecule has 18 heavy (non-hydrogen) atoms. The molecule has 0 aromatic heterocycles.